The van der Waals surface area contributed by atoms with Gasteiger partial charge in [0, 0.05) is 11.7 Å². The maximum absolute atomic E-state index is 12.1. The molecule has 1 aromatic carbocycles. The van der Waals surface area contributed by atoms with Crippen molar-refractivity contribution in [2.24, 2.45) is 5.92 Å². The standard InChI is InChI=1S/C14H22N2O2/c1-9(2)7-10(3)16-14(17)12-8-11(15)5-6-13(12)18-4/h5-6,8-10H,7,15H2,1-4H3,(H,16,17). The lowest BCUT2D eigenvalue weighted by atomic mass is 10.0. The van der Waals surface area contributed by atoms with Gasteiger partial charge in [-0.25, -0.2) is 0 Å². The summed E-state index contributed by atoms with van der Waals surface area (Å²) < 4.78 is 5.17. The van der Waals surface area contributed by atoms with Crippen LogP contribution in [-0.2, 0) is 0 Å². The van der Waals surface area contributed by atoms with E-state index in [1.165, 1.54) is 0 Å². The maximum Gasteiger partial charge on any atom is 0.255 e. The van der Waals surface area contributed by atoms with Crippen molar-refractivity contribution in [3.05, 3.63) is 23.8 Å². The van der Waals surface area contributed by atoms with Crippen LogP contribution in [0.5, 0.6) is 5.75 Å². The summed E-state index contributed by atoms with van der Waals surface area (Å²) in [7, 11) is 1.54. The highest BCUT2D eigenvalue weighted by Gasteiger charge is 2.15. The minimum atomic E-state index is -0.146. The predicted molar refractivity (Wildman–Crippen MR) is 73.8 cm³/mol. The summed E-state index contributed by atoms with van der Waals surface area (Å²) in [6, 6.07) is 5.18. The summed E-state index contributed by atoms with van der Waals surface area (Å²) in [5.41, 5.74) is 6.73. The van der Waals surface area contributed by atoms with Crippen LogP contribution in [0.1, 0.15) is 37.6 Å². The molecule has 3 N–H and O–H groups in total. The fourth-order valence-electron chi connectivity index (χ4n) is 1.97. The van der Waals surface area contributed by atoms with Crippen molar-refractivity contribution >= 4 is 11.6 Å². The minimum absolute atomic E-state index is 0.128. The van der Waals surface area contributed by atoms with E-state index in [0.717, 1.165) is 6.42 Å². The summed E-state index contributed by atoms with van der Waals surface area (Å²) in [4.78, 5) is 12.1. The molecule has 4 heteroatoms. The Labute approximate surface area is 109 Å². The molecule has 0 aliphatic heterocycles. The second-order valence-corrected chi connectivity index (χ2v) is 4.96. The molecule has 0 aliphatic rings. The van der Waals surface area contributed by atoms with Crippen molar-refractivity contribution in [1.29, 1.82) is 0 Å². The Morgan fingerprint density at radius 1 is 1.39 bits per heavy atom. The van der Waals surface area contributed by atoms with Gasteiger partial charge in [0.1, 0.15) is 5.75 Å². The van der Waals surface area contributed by atoms with Gasteiger partial charge < -0.3 is 15.8 Å². The van der Waals surface area contributed by atoms with Crippen LogP contribution in [0.15, 0.2) is 18.2 Å². The molecule has 100 valence electrons. The number of hydrogen-bond acceptors (Lipinski definition) is 3. The van der Waals surface area contributed by atoms with Gasteiger partial charge in [0.15, 0.2) is 0 Å². The van der Waals surface area contributed by atoms with Crippen LogP contribution in [-0.4, -0.2) is 19.1 Å². The molecule has 1 aromatic rings. The van der Waals surface area contributed by atoms with E-state index in [0.29, 0.717) is 22.9 Å². The number of nitrogen functional groups attached to an aromatic ring is 1. The van der Waals surface area contributed by atoms with Gasteiger partial charge in [-0.15, -0.1) is 0 Å². The molecule has 0 aliphatic carbocycles. The molecule has 0 aromatic heterocycles. The zero-order chi connectivity index (χ0) is 13.7. The first-order valence-electron chi connectivity index (χ1n) is 6.18. The van der Waals surface area contributed by atoms with Crippen LogP contribution < -0.4 is 15.8 Å². The first-order chi connectivity index (χ1) is 8.43. The number of benzene rings is 1. The van der Waals surface area contributed by atoms with E-state index in [2.05, 4.69) is 19.2 Å². The third-order valence-electron chi connectivity index (χ3n) is 2.67. The Hall–Kier alpha value is -1.71. The van der Waals surface area contributed by atoms with Crippen molar-refractivity contribution in [2.45, 2.75) is 33.2 Å². The molecule has 1 rings (SSSR count). The normalized spacial score (nSPS) is 12.3. The quantitative estimate of drug-likeness (QED) is 0.789. The lowest BCUT2D eigenvalue weighted by Gasteiger charge is -2.17. The van der Waals surface area contributed by atoms with E-state index in [1.807, 2.05) is 6.92 Å². The Morgan fingerprint density at radius 3 is 2.61 bits per heavy atom. The number of carbonyl (C=O) groups excluding carboxylic acids is 1. The molecule has 0 fully saturated rings. The highest BCUT2D eigenvalue weighted by atomic mass is 16.5. The van der Waals surface area contributed by atoms with Crippen molar-refractivity contribution in [3.8, 4) is 5.75 Å². The fraction of sp³-hybridized carbons (Fsp3) is 0.500. The zero-order valence-corrected chi connectivity index (χ0v) is 11.5. The van der Waals surface area contributed by atoms with E-state index < -0.39 is 0 Å². The van der Waals surface area contributed by atoms with Gasteiger partial charge in [-0.2, -0.15) is 0 Å². The molecule has 1 unspecified atom stereocenters. The zero-order valence-electron chi connectivity index (χ0n) is 11.5. The number of nitrogens with one attached hydrogen (secondary N) is 1. The van der Waals surface area contributed by atoms with Crippen molar-refractivity contribution in [2.75, 3.05) is 12.8 Å². The van der Waals surface area contributed by atoms with Gasteiger partial charge in [-0.1, -0.05) is 13.8 Å². The van der Waals surface area contributed by atoms with Gasteiger partial charge in [-0.05, 0) is 37.5 Å². The molecule has 0 heterocycles. The van der Waals surface area contributed by atoms with Gasteiger partial charge in [0.05, 0.1) is 12.7 Å². The average Bonchev–Trinajstić information content (AvgIpc) is 2.27. The lowest BCUT2D eigenvalue weighted by molar-refractivity contribution is 0.0933. The van der Waals surface area contributed by atoms with Crippen LogP contribution >= 0.6 is 0 Å². The molecule has 4 nitrogen and oxygen atoms in total. The molecule has 0 saturated carbocycles. The third-order valence-corrected chi connectivity index (χ3v) is 2.67. The summed E-state index contributed by atoms with van der Waals surface area (Å²) in [5.74, 6) is 0.939. The topological polar surface area (TPSA) is 64.3 Å². The first kappa shape index (κ1) is 14.4. The molecule has 1 amide bonds. The minimum Gasteiger partial charge on any atom is -0.496 e. The predicted octanol–water partition coefficient (Wildman–Crippen LogP) is 2.44. The lowest BCUT2D eigenvalue weighted by Crippen LogP contribution is -2.33. The van der Waals surface area contributed by atoms with Crippen LogP contribution in [0, 0.1) is 5.92 Å². The maximum atomic E-state index is 12.1. The number of rotatable bonds is 5. The number of anilines is 1. The van der Waals surface area contributed by atoms with Gasteiger partial charge in [0.2, 0.25) is 0 Å². The Balaban J connectivity index is 2.80. The number of nitrogens with two attached hydrogens (primary N) is 1. The number of amides is 1. The highest BCUT2D eigenvalue weighted by Crippen LogP contribution is 2.21. The van der Waals surface area contributed by atoms with E-state index in [1.54, 1.807) is 25.3 Å². The van der Waals surface area contributed by atoms with Crippen LogP contribution in [0.3, 0.4) is 0 Å². The average molecular weight is 250 g/mol. The van der Waals surface area contributed by atoms with Crippen LogP contribution in [0.4, 0.5) is 5.69 Å². The first-order valence-corrected chi connectivity index (χ1v) is 6.18. The summed E-state index contributed by atoms with van der Waals surface area (Å²) in [5, 5.41) is 2.95. The van der Waals surface area contributed by atoms with Crippen LogP contribution in [0.2, 0.25) is 0 Å². The molecule has 1 atom stereocenters. The van der Waals surface area contributed by atoms with Gasteiger partial charge in [0.25, 0.3) is 5.91 Å². The SMILES string of the molecule is COc1ccc(N)cc1C(=O)NC(C)CC(C)C. The fourth-order valence-corrected chi connectivity index (χ4v) is 1.97. The van der Waals surface area contributed by atoms with Crippen LogP contribution in [0.25, 0.3) is 0 Å². The number of methoxy groups -OCH3 is 1. The smallest absolute Gasteiger partial charge is 0.255 e. The van der Waals surface area contributed by atoms with E-state index >= 15 is 0 Å². The second kappa shape index (κ2) is 6.28. The molecular weight excluding hydrogens is 228 g/mol. The summed E-state index contributed by atoms with van der Waals surface area (Å²) in [6.45, 7) is 6.25. The Bertz CT molecular complexity index is 416. The number of carbonyl (C=O) groups is 1. The molecule has 0 bridgehead atoms. The van der Waals surface area contributed by atoms with E-state index in [4.69, 9.17) is 10.5 Å². The van der Waals surface area contributed by atoms with Gasteiger partial charge >= 0.3 is 0 Å². The second-order valence-electron chi connectivity index (χ2n) is 4.96. The molecule has 0 saturated heterocycles. The summed E-state index contributed by atoms with van der Waals surface area (Å²) in [6.07, 6.45) is 0.941. The van der Waals surface area contributed by atoms with Crippen molar-refractivity contribution in [1.82, 2.24) is 5.32 Å². The number of hydrogen-bond donors (Lipinski definition) is 2. The molecular formula is C14H22N2O2. The monoisotopic (exact) mass is 250 g/mol. The van der Waals surface area contributed by atoms with E-state index in [9.17, 15) is 4.79 Å². The molecule has 0 radical (unpaired) electrons. The van der Waals surface area contributed by atoms with Crippen molar-refractivity contribution in [3.63, 3.8) is 0 Å². The Morgan fingerprint density at radius 2 is 2.06 bits per heavy atom. The summed E-state index contributed by atoms with van der Waals surface area (Å²) >= 11 is 0. The Kier molecular flexibility index (Phi) is 5.01. The third kappa shape index (κ3) is 3.95. The number of ether oxygens (including phenoxy) is 1. The van der Waals surface area contributed by atoms with Gasteiger partial charge in [-0.3, -0.25) is 4.79 Å². The largest absolute Gasteiger partial charge is 0.496 e. The van der Waals surface area contributed by atoms with E-state index in [-0.39, 0.29) is 11.9 Å². The van der Waals surface area contributed by atoms with Crippen molar-refractivity contribution < 1.29 is 9.53 Å². The molecule has 18 heavy (non-hydrogen) atoms. The molecule has 0 spiro atoms. The highest BCUT2D eigenvalue weighted by molar-refractivity contribution is 5.98.